The van der Waals surface area contributed by atoms with E-state index in [9.17, 15) is 18.0 Å². The standard InChI is InChI=1S/C16H16ClF3N4O/c1-15(2,3)24-14(25)12-7-22-13(8-21-12)23-11-5-4-9(17)6-10(11)16(18,19)20/h4-8H,1-3H3,(H,22,23)(H,24,25). The van der Waals surface area contributed by atoms with Crippen LogP contribution in [0.4, 0.5) is 24.7 Å². The third-order valence-corrected chi connectivity index (χ3v) is 3.16. The molecule has 0 saturated carbocycles. The van der Waals surface area contributed by atoms with E-state index in [1.165, 1.54) is 24.5 Å². The summed E-state index contributed by atoms with van der Waals surface area (Å²) in [7, 11) is 0. The molecule has 0 spiro atoms. The first-order chi connectivity index (χ1) is 11.5. The molecule has 1 amide bonds. The molecule has 1 aromatic heterocycles. The molecule has 134 valence electrons. The van der Waals surface area contributed by atoms with Gasteiger partial charge in [-0.1, -0.05) is 11.6 Å². The van der Waals surface area contributed by atoms with Crippen molar-refractivity contribution < 1.29 is 18.0 Å². The lowest BCUT2D eigenvalue weighted by molar-refractivity contribution is -0.136. The molecule has 2 rings (SSSR count). The van der Waals surface area contributed by atoms with E-state index in [2.05, 4.69) is 20.6 Å². The average Bonchev–Trinajstić information content (AvgIpc) is 2.47. The summed E-state index contributed by atoms with van der Waals surface area (Å²) in [5.74, 6) is -0.353. The number of nitrogens with one attached hydrogen (secondary N) is 2. The number of carbonyl (C=O) groups excluding carboxylic acids is 1. The van der Waals surface area contributed by atoms with Crippen LogP contribution in [-0.4, -0.2) is 21.4 Å². The minimum Gasteiger partial charge on any atom is -0.346 e. The van der Waals surface area contributed by atoms with Crippen molar-refractivity contribution in [2.24, 2.45) is 0 Å². The van der Waals surface area contributed by atoms with E-state index in [0.717, 1.165) is 6.07 Å². The van der Waals surface area contributed by atoms with Crippen molar-refractivity contribution in [2.45, 2.75) is 32.5 Å². The zero-order valence-corrected chi connectivity index (χ0v) is 14.5. The molecule has 0 saturated heterocycles. The van der Waals surface area contributed by atoms with E-state index in [1.54, 1.807) is 0 Å². The van der Waals surface area contributed by atoms with Crippen molar-refractivity contribution in [3.8, 4) is 0 Å². The summed E-state index contributed by atoms with van der Waals surface area (Å²) in [6.45, 7) is 5.44. The molecule has 1 aromatic carbocycles. The van der Waals surface area contributed by atoms with Gasteiger partial charge in [0.05, 0.1) is 23.6 Å². The maximum absolute atomic E-state index is 13.1. The van der Waals surface area contributed by atoms with E-state index >= 15 is 0 Å². The number of carbonyl (C=O) groups is 1. The van der Waals surface area contributed by atoms with Crippen LogP contribution in [0.1, 0.15) is 36.8 Å². The Labute approximate surface area is 147 Å². The van der Waals surface area contributed by atoms with Crippen LogP contribution in [0.15, 0.2) is 30.6 Å². The van der Waals surface area contributed by atoms with Crippen molar-refractivity contribution in [3.63, 3.8) is 0 Å². The van der Waals surface area contributed by atoms with E-state index in [0.29, 0.717) is 0 Å². The fourth-order valence-corrected chi connectivity index (χ4v) is 2.08. The van der Waals surface area contributed by atoms with Gasteiger partial charge in [-0.3, -0.25) is 4.79 Å². The molecule has 0 atom stereocenters. The fourth-order valence-electron chi connectivity index (χ4n) is 1.91. The highest BCUT2D eigenvalue weighted by Gasteiger charge is 2.34. The van der Waals surface area contributed by atoms with Crippen LogP contribution in [-0.2, 0) is 6.18 Å². The van der Waals surface area contributed by atoms with Gasteiger partial charge < -0.3 is 10.6 Å². The highest BCUT2D eigenvalue weighted by atomic mass is 35.5. The normalized spacial score (nSPS) is 12.0. The van der Waals surface area contributed by atoms with Crippen molar-refractivity contribution in [3.05, 3.63) is 46.9 Å². The summed E-state index contributed by atoms with van der Waals surface area (Å²) in [5.41, 5.74) is -1.51. The van der Waals surface area contributed by atoms with E-state index in [1.807, 2.05) is 20.8 Å². The van der Waals surface area contributed by atoms with Gasteiger partial charge in [0.15, 0.2) is 0 Å². The van der Waals surface area contributed by atoms with Gasteiger partial charge in [0.25, 0.3) is 5.91 Å². The third kappa shape index (κ3) is 5.32. The molecule has 25 heavy (non-hydrogen) atoms. The lowest BCUT2D eigenvalue weighted by Gasteiger charge is -2.20. The fraction of sp³-hybridized carbons (Fsp3) is 0.312. The summed E-state index contributed by atoms with van der Waals surface area (Å²) in [4.78, 5) is 19.8. The predicted molar refractivity (Wildman–Crippen MR) is 89.0 cm³/mol. The Morgan fingerprint density at radius 3 is 2.32 bits per heavy atom. The minimum atomic E-state index is -4.58. The molecule has 5 nitrogen and oxygen atoms in total. The number of hydrogen-bond acceptors (Lipinski definition) is 4. The largest absolute Gasteiger partial charge is 0.418 e. The molecule has 2 N–H and O–H groups in total. The quantitative estimate of drug-likeness (QED) is 0.837. The van der Waals surface area contributed by atoms with Crippen LogP contribution in [0.25, 0.3) is 0 Å². The second kappa shape index (κ2) is 6.87. The van der Waals surface area contributed by atoms with Crippen LogP contribution in [0, 0.1) is 0 Å². The van der Waals surface area contributed by atoms with Crippen LogP contribution in [0.5, 0.6) is 0 Å². The highest BCUT2D eigenvalue weighted by molar-refractivity contribution is 6.30. The number of nitrogens with zero attached hydrogens (tertiary/aromatic N) is 2. The molecule has 0 aliphatic carbocycles. The van der Waals surface area contributed by atoms with Gasteiger partial charge in [-0.2, -0.15) is 13.2 Å². The number of amides is 1. The van der Waals surface area contributed by atoms with Gasteiger partial charge in [0.2, 0.25) is 0 Å². The number of halogens is 4. The summed E-state index contributed by atoms with van der Waals surface area (Å²) in [6, 6.07) is 3.35. The average molecular weight is 373 g/mol. The van der Waals surface area contributed by atoms with Crippen molar-refractivity contribution in [1.29, 1.82) is 0 Å². The lowest BCUT2D eigenvalue weighted by Crippen LogP contribution is -2.40. The maximum atomic E-state index is 13.1. The Kier molecular flexibility index (Phi) is 5.22. The summed E-state index contributed by atoms with van der Waals surface area (Å²) in [6.07, 6.45) is -2.20. The molecule has 0 radical (unpaired) electrons. The first kappa shape index (κ1) is 19.0. The number of hydrogen-bond donors (Lipinski definition) is 2. The second-order valence-corrected chi connectivity index (χ2v) is 6.74. The Bertz CT molecular complexity index is 770. The van der Waals surface area contributed by atoms with Crippen LogP contribution in [0.3, 0.4) is 0 Å². The molecule has 0 aliphatic heterocycles. The zero-order valence-electron chi connectivity index (χ0n) is 13.7. The Hall–Kier alpha value is -2.35. The molecule has 9 heteroatoms. The topological polar surface area (TPSA) is 66.9 Å². The Morgan fingerprint density at radius 2 is 1.80 bits per heavy atom. The smallest absolute Gasteiger partial charge is 0.346 e. The van der Waals surface area contributed by atoms with Gasteiger partial charge in [0, 0.05) is 10.6 Å². The molecule has 0 fully saturated rings. The van der Waals surface area contributed by atoms with Gasteiger partial charge >= 0.3 is 6.18 Å². The number of aromatic nitrogens is 2. The van der Waals surface area contributed by atoms with Crippen molar-refractivity contribution in [1.82, 2.24) is 15.3 Å². The molecule has 0 bridgehead atoms. The third-order valence-electron chi connectivity index (χ3n) is 2.92. The first-order valence-electron chi connectivity index (χ1n) is 7.24. The van der Waals surface area contributed by atoms with Crippen LogP contribution < -0.4 is 10.6 Å². The van der Waals surface area contributed by atoms with Gasteiger partial charge in [-0.15, -0.1) is 0 Å². The lowest BCUT2D eigenvalue weighted by atomic mass is 10.1. The summed E-state index contributed by atoms with van der Waals surface area (Å²) >= 11 is 5.63. The zero-order chi connectivity index (χ0) is 18.8. The molecule has 0 aliphatic rings. The molecule has 2 aromatic rings. The van der Waals surface area contributed by atoms with Gasteiger partial charge in [0.1, 0.15) is 11.5 Å². The van der Waals surface area contributed by atoms with Crippen LogP contribution in [0.2, 0.25) is 5.02 Å². The number of benzene rings is 1. The number of anilines is 2. The molecule has 0 unspecified atom stereocenters. The van der Waals surface area contributed by atoms with Gasteiger partial charge in [-0.25, -0.2) is 9.97 Å². The SMILES string of the molecule is CC(C)(C)NC(=O)c1cnc(Nc2ccc(Cl)cc2C(F)(F)F)cn1. The molecular weight excluding hydrogens is 357 g/mol. The predicted octanol–water partition coefficient (Wildman–Crippen LogP) is 4.42. The van der Waals surface area contributed by atoms with Gasteiger partial charge in [-0.05, 0) is 39.0 Å². The van der Waals surface area contributed by atoms with Crippen LogP contribution >= 0.6 is 11.6 Å². The van der Waals surface area contributed by atoms with Crippen molar-refractivity contribution >= 4 is 29.0 Å². The Morgan fingerprint density at radius 1 is 1.12 bits per heavy atom. The van der Waals surface area contributed by atoms with Crippen molar-refractivity contribution in [2.75, 3.05) is 5.32 Å². The van der Waals surface area contributed by atoms with E-state index < -0.39 is 23.2 Å². The highest BCUT2D eigenvalue weighted by Crippen LogP contribution is 2.37. The minimum absolute atomic E-state index is 0.0295. The summed E-state index contributed by atoms with van der Waals surface area (Å²) < 4.78 is 39.2. The number of rotatable bonds is 3. The molecule has 1 heterocycles. The second-order valence-electron chi connectivity index (χ2n) is 6.30. The molecular formula is C16H16ClF3N4O. The van der Waals surface area contributed by atoms with E-state index in [4.69, 9.17) is 11.6 Å². The van der Waals surface area contributed by atoms with E-state index in [-0.39, 0.29) is 22.2 Å². The first-order valence-corrected chi connectivity index (χ1v) is 7.62. The summed E-state index contributed by atoms with van der Waals surface area (Å²) in [5, 5.41) is 5.22. The number of alkyl halides is 3. The Balaban J connectivity index is 2.21. The monoisotopic (exact) mass is 372 g/mol. The maximum Gasteiger partial charge on any atom is 0.418 e.